The van der Waals surface area contributed by atoms with Crippen LogP contribution >= 0.6 is 0 Å². The minimum atomic E-state index is -0.756. The summed E-state index contributed by atoms with van der Waals surface area (Å²) in [5.74, 6) is 0.262. The standard InChI is InChI=1S/C23H21N3O4/c24-21(26-23(28)30-20-12-5-2-6-13-20)19-11-7-10-18(14-19)16-29-22(27)25-15-17-8-3-1-4-9-17/h1-14H,15-16H2,(H,25,27)(H2,24,26,28). The average Bonchev–Trinajstić information content (AvgIpc) is 2.78. The number of benzene rings is 3. The third-order valence-electron chi connectivity index (χ3n) is 4.05. The van der Waals surface area contributed by atoms with Gasteiger partial charge in [0.25, 0.3) is 0 Å². The van der Waals surface area contributed by atoms with Gasteiger partial charge in [-0.25, -0.2) is 9.59 Å². The third kappa shape index (κ3) is 6.49. The van der Waals surface area contributed by atoms with Crippen LogP contribution in [0.2, 0.25) is 0 Å². The summed E-state index contributed by atoms with van der Waals surface area (Å²) in [4.78, 5) is 23.8. The predicted molar refractivity (Wildman–Crippen MR) is 112 cm³/mol. The molecule has 0 atom stereocenters. The van der Waals surface area contributed by atoms with Crippen LogP contribution in [0, 0.1) is 5.41 Å². The maximum atomic E-state index is 11.9. The molecule has 3 N–H and O–H groups in total. The average molecular weight is 403 g/mol. The number of amides is 2. The molecule has 0 saturated heterocycles. The number of carbonyl (C=O) groups is 2. The quantitative estimate of drug-likeness (QED) is 0.424. The highest BCUT2D eigenvalue weighted by Crippen LogP contribution is 2.10. The number of hydrogen-bond donors (Lipinski definition) is 3. The molecule has 0 heterocycles. The summed E-state index contributed by atoms with van der Waals surface area (Å²) < 4.78 is 10.3. The van der Waals surface area contributed by atoms with Gasteiger partial charge in [-0.2, -0.15) is 0 Å². The minimum Gasteiger partial charge on any atom is -0.445 e. The Kier molecular flexibility index (Phi) is 7.16. The minimum absolute atomic E-state index is 0.0379. The van der Waals surface area contributed by atoms with Crippen LogP contribution in [-0.4, -0.2) is 18.0 Å². The van der Waals surface area contributed by atoms with E-state index in [0.717, 1.165) is 5.56 Å². The molecule has 30 heavy (non-hydrogen) atoms. The van der Waals surface area contributed by atoms with Gasteiger partial charge in [0.2, 0.25) is 0 Å². The van der Waals surface area contributed by atoms with Gasteiger partial charge in [0.05, 0.1) is 0 Å². The van der Waals surface area contributed by atoms with Crippen molar-refractivity contribution in [2.24, 2.45) is 0 Å². The Morgan fingerprint density at radius 2 is 1.47 bits per heavy atom. The molecule has 0 fully saturated rings. The summed E-state index contributed by atoms with van der Waals surface area (Å²) in [6, 6.07) is 24.9. The second kappa shape index (κ2) is 10.4. The van der Waals surface area contributed by atoms with E-state index in [4.69, 9.17) is 14.9 Å². The summed E-state index contributed by atoms with van der Waals surface area (Å²) in [6.07, 6.45) is -1.29. The van der Waals surface area contributed by atoms with Crippen molar-refractivity contribution in [2.45, 2.75) is 13.2 Å². The molecule has 0 unspecified atom stereocenters. The molecule has 0 saturated carbocycles. The Bertz CT molecular complexity index is 1010. The van der Waals surface area contributed by atoms with E-state index in [9.17, 15) is 9.59 Å². The van der Waals surface area contributed by atoms with Gasteiger partial charge < -0.3 is 14.8 Å². The molecule has 3 aromatic rings. The molecule has 0 bridgehead atoms. The van der Waals surface area contributed by atoms with Crippen molar-refractivity contribution in [1.82, 2.24) is 10.6 Å². The first-order valence-corrected chi connectivity index (χ1v) is 9.26. The SMILES string of the molecule is N=C(NC(=O)Oc1ccccc1)c1cccc(COC(=O)NCc2ccccc2)c1. The smallest absolute Gasteiger partial charge is 0.418 e. The van der Waals surface area contributed by atoms with Crippen LogP contribution in [0.3, 0.4) is 0 Å². The van der Waals surface area contributed by atoms with Crippen LogP contribution in [-0.2, 0) is 17.9 Å². The van der Waals surface area contributed by atoms with Gasteiger partial charge >= 0.3 is 12.2 Å². The van der Waals surface area contributed by atoms with Crippen molar-refractivity contribution in [2.75, 3.05) is 0 Å². The fourth-order valence-electron chi connectivity index (χ4n) is 2.58. The Hall–Kier alpha value is -4.13. The maximum Gasteiger partial charge on any atom is 0.418 e. The molecule has 152 valence electrons. The first kappa shape index (κ1) is 20.6. The highest BCUT2D eigenvalue weighted by molar-refractivity contribution is 6.04. The van der Waals surface area contributed by atoms with Crippen LogP contribution in [0.1, 0.15) is 16.7 Å². The second-order valence-electron chi connectivity index (χ2n) is 6.32. The first-order chi connectivity index (χ1) is 14.6. The first-order valence-electron chi connectivity index (χ1n) is 9.26. The molecule has 7 nitrogen and oxygen atoms in total. The van der Waals surface area contributed by atoms with Crippen molar-refractivity contribution in [3.05, 3.63) is 102 Å². The number of amidine groups is 1. The van der Waals surface area contributed by atoms with Crippen LogP contribution in [0.15, 0.2) is 84.9 Å². The zero-order chi connectivity index (χ0) is 21.2. The van der Waals surface area contributed by atoms with Crippen LogP contribution in [0.25, 0.3) is 0 Å². The fraction of sp³-hybridized carbons (Fsp3) is 0.0870. The molecule has 0 radical (unpaired) electrons. The van der Waals surface area contributed by atoms with Crippen LogP contribution < -0.4 is 15.4 Å². The van der Waals surface area contributed by atoms with Gasteiger partial charge in [0.15, 0.2) is 0 Å². The van der Waals surface area contributed by atoms with E-state index in [1.807, 2.05) is 36.4 Å². The van der Waals surface area contributed by atoms with E-state index in [-0.39, 0.29) is 12.4 Å². The summed E-state index contributed by atoms with van der Waals surface area (Å²) in [5, 5.41) is 13.1. The summed E-state index contributed by atoms with van der Waals surface area (Å²) in [6.45, 7) is 0.411. The Balaban J connectivity index is 1.48. The predicted octanol–water partition coefficient (Wildman–Crippen LogP) is 4.23. The van der Waals surface area contributed by atoms with Gasteiger partial charge in [-0.05, 0) is 29.3 Å². The van der Waals surface area contributed by atoms with Crippen molar-refractivity contribution in [1.29, 1.82) is 5.41 Å². The van der Waals surface area contributed by atoms with E-state index < -0.39 is 12.2 Å². The second-order valence-corrected chi connectivity index (χ2v) is 6.32. The van der Waals surface area contributed by atoms with Gasteiger partial charge in [-0.3, -0.25) is 10.7 Å². The lowest BCUT2D eigenvalue weighted by molar-refractivity contribution is 0.139. The summed E-state index contributed by atoms with van der Waals surface area (Å²) in [7, 11) is 0. The molecule has 0 spiro atoms. The van der Waals surface area contributed by atoms with E-state index >= 15 is 0 Å². The molecule has 3 rings (SSSR count). The van der Waals surface area contributed by atoms with E-state index in [2.05, 4.69) is 10.6 Å². The molecule has 0 aromatic heterocycles. The van der Waals surface area contributed by atoms with Gasteiger partial charge in [0.1, 0.15) is 18.2 Å². The topological polar surface area (TPSA) is 101 Å². The fourth-order valence-corrected chi connectivity index (χ4v) is 2.58. The number of carbonyl (C=O) groups excluding carboxylic acids is 2. The number of alkyl carbamates (subject to hydrolysis) is 1. The van der Waals surface area contributed by atoms with Gasteiger partial charge in [-0.1, -0.05) is 66.7 Å². The van der Waals surface area contributed by atoms with Crippen LogP contribution in [0.5, 0.6) is 5.75 Å². The number of nitrogens with one attached hydrogen (secondary N) is 3. The third-order valence-corrected chi connectivity index (χ3v) is 4.05. The number of rotatable bonds is 6. The van der Waals surface area contributed by atoms with E-state index in [1.165, 1.54) is 0 Å². The van der Waals surface area contributed by atoms with Gasteiger partial charge in [0, 0.05) is 12.1 Å². The molecule has 2 amide bonds. The maximum absolute atomic E-state index is 11.9. The van der Waals surface area contributed by atoms with Crippen molar-refractivity contribution < 1.29 is 19.1 Å². The number of para-hydroxylation sites is 1. The monoisotopic (exact) mass is 403 g/mol. The van der Waals surface area contributed by atoms with Crippen molar-refractivity contribution in [3.8, 4) is 5.75 Å². The molecular formula is C23H21N3O4. The summed E-state index contributed by atoms with van der Waals surface area (Å²) >= 11 is 0. The molecule has 0 aliphatic rings. The highest BCUT2D eigenvalue weighted by atomic mass is 16.6. The normalized spacial score (nSPS) is 10.0. The van der Waals surface area contributed by atoms with Crippen molar-refractivity contribution >= 4 is 18.0 Å². The van der Waals surface area contributed by atoms with E-state index in [0.29, 0.717) is 23.4 Å². The van der Waals surface area contributed by atoms with Crippen molar-refractivity contribution in [3.63, 3.8) is 0 Å². The zero-order valence-corrected chi connectivity index (χ0v) is 16.1. The lowest BCUT2D eigenvalue weighted by Gasteiger charge is -2.10. The number of hydrogen-bond acceptors (Lipinski definition) is 5. The van der Waals surface area contributed by atoms with Crippen LogP contribution in [0.4, 0.5) is 9.59 Å². The lowest BCUT2D eigenvalue weighted by atomic mass is 10.1. The molecule has 0 aliphatic carbocycles. The van der Waals surface area contributed by atoms with E-state index in [1.54, 1.807) is 48.5 Å². The lowest BCUT2D eigenvalue weighted by Crippen LogP contribution is -2.33. The molecule has 7 heteroatoms. The Morgan fingerprint density at radius 1 is 0.800 bits per heavy atom. The largest absolute Gasteiger partial charge is 0.445 e. The molecular weight excluding hydrogens is 382 g/mol. The molecule has 3 aromatic carbocycles. The van der Waals surface area contributed by atoms with Gasteiger partial charge in [-0.15, -0.1) is 0 Å². The molecule has 0 aliphatic heterocycles. The number of ether oxygens (including phenoxy) is 2. The Labute approximate surface area is 174 Å². The Morgan fingerprint density at radius 3 is 2.20 bits per heavy atom. The summed E-state index contributed by atoms with van der Waals surface area (Å²) in [5.41, 5.74) is 2.12. The zero-order valence-electron chi connectivity index (χ0n) is 16.1. The highest BCUT2D eigenvalue weighted by Gasteiger charge is 2.10.